The molecule has 0 nitrogen and oxygen atoms in total. The third kappa shape index (κ3) is 2.58. The minimum absolute atomic E-state index is 0.131. The summed E-state index contributed by atoms with van der Waals surface area (Å²) in [7, 11) is 0. The van der Waals surface area contributed by atoms with Gasteiger partial charge in [0, 0.05) is 0 Å². The molecule has 0 spiro atoms. The predicted molar refractivity (Wildman–Crippen MR) is 61.4 cm³/mol. The average molecular weight is 206 g/mol. The van der Waals surface area contributed by atoms with Gasteiger partial charge in [-0.05, 0) is 48.3 Å². The zero-order valence-corrected chi connectivity index (χ0v) is 9.59. The normalized spacial score (nSPS) is 25.1. The minimum atomic E-state index is -0.131. The van der Waals surface area contributed by atoms with Gasteiger partial charge in [0.05, 0.1) is 0 Å². The number of hydrogen-bond acceptors (Lipinski definition) is 0. The number of halogens is 1. The van der Waals surface area contributed by atoms with E-state index in [0.717, 1.165) is 0 Å². The van der Waals surface area contributed by atoms with E-state index in [4.69, 9.17) is 0 Å². The molecular formula is C14H19F. The van der Waals surface area contributed by atoms with Crippen molar-refractivity contribution in [3.8, 4) is 0 Å². The van der Waals surface area contributed by atoms with Gasteiger partial charge in [-0.1, -0.05) is 32.4 Å². The van der Waals surface area contributed by atoms with E-state index in [9.17, 15) is 4.39 Å². The van der Waals surface area contributed by atoms with Crippen LogP contribution in [-0.2, 0) is 0 Å². The van der Waals surface area contributed by atoms with Crippen molar-refractivity contribution in [2.75, 3.05) is 0 Å². The molecule has 0 heterocycles. The van der Waals surface area contributed by atoms with Gasteiger partial charge in [0.1, 0.15) is 5.82 Å². The molecule has 0 N–H and O–H groups in total. The lowest BCUT2D eigenvalue weighted by Gasteiger charge is -2.35. The zero-order chi connectivity index (χ0) is 10.9. The molecule has 1 atom stereocenters. The van der Waals surface area contributed by atoms with Crippen LogP contribution >= 0.6 is 0 Å². The smallest absolute Gasteiger partial charge is 0.123 e. The van der Waals surface area contributed by atoms with Gasteiger partial charge in [-0.25, -0.2) is 4.39 Å². The van der Waals surface area contributed by atoms with Crippen LogP contribution in [0.4, 0.5) is 4.39 Å². The minimum Gasteiger partial charge on any atom is -0.207 e. The molecule has 1 unspecified atom stereocenters. The second-order valence-corrected chi connectivity index (χ2v) is 5.51. The van der Waals surface area contributed by atoms with Crippen LogP contribution in [0.2, 0.25) is 0 Å². The van der Waals surface area contributed by atoms with Crippen molar-refractivity contribution in [2.45, 2.75) is 45.4 Å². The van der Waals surface area contributed by atoms with Crippen molar-refractivity contribution in [3.05, 3.63) is 35.6 Å². The fourth-order valence-electron chi connectivity index (χ4n) is 2.72. The molecule has 0 aliphatic heterocycles. The molecule has 0 bridgehead atoms. The molecule has 1 aromatic carbocycles. The van der Waals surface area contributed by atoms with Gasteiger partial charge in [0.15, 0.2) is 0 Å². The maximum absolute atomic E-state index is 12.8. The van der Waals surface area contributed by atoms with E-state index in [-0.39, 0.29) is 5.82 Å². The fraction of sp³-hybridized carbons (Fsp3) is 0.571. The third-order valence-electron chi connectivity index (χ3n) is 3.55. The topological polar surface area (TPSA) is 0 Å². The first-order chi connectivity index (χ1) is 7.07. The summed E-state index contributed by atoms with van der Waals surface area (Å²) in [4.78, 5) is 0. The molecule has 2 rings (SSSR count). The number of benzene rings is 1. The maximum Gasteiger partial charge on any atom is 0.123 e. The molecule has 0 radical (unpaired) electrons. The van der Waals surface area contributed by atoms with Gasteiger partial charge in [-0.3, -0.25) is 0 Å². The first kappa shape index (κ1) is 10.7. The van der Waals surface area contributed by atoms with Crippen LogP contribution in [0, 0.1) is 11.2 Å². The fourth-order valence-corrected chi connectivity index (χ4v) is 2.72. The lowest BCUT2D eigenvalue weighted by Crippen LogP contribution is -2.21. The lowest BCUT2D eigenvalue weighted by molar-refractivity contribution is 0.219. The van der Waals surface area contributed by atoms with Gasteiger partial charge in [0.2, 0.25) is 0 Å². The summed E-state index contributed by atoms with van der Waals surface area (Å²) in [6.45, 7) is 4.67. The van der Waals surface area contributed by atoms with Gasteiger partial charge in [-0.15, -0.1) is 0 Å². The summed E-state index contributed by atoms with van der Waals surface area (Å²) >= 11 is 0. The molecule has 1 aromatic rings. The van der Waals surface area contributed by atoms with Crippen LogP contribution < -0.4 is 0 Å². The largest absolute Gasteiger partial charge is 0.207 e. The van der Waals surface area contributed by atoms with E-state index in [1.165, 1.54) is 31.2 Å². The lowest BCUT2D eigenvalue weighted by atomic mass is 9.70. The van der Waals surface area contributed by atoms with E-state index in [0.29, 0.717) is 11.3 Å². The van der Waals surface area contributed by atoms with E-state index < -0.39 is 0 Å². The molecule has 82 valence electrons. The van der Waals surface area contributed by atoms with Gasteiger partial charge < -0.3 is 0 Å². The van der Waals surface area contributed by atoms with Crippen LogP contribution in [0.5, 0.6) is 0 Å². The number of hydrogen-bond donors (Lipinski definition) is 0. The summed E-state index contributed by atoms with van der Waals surface area (Å²) in [5, 5.41) is 0. The second-order valence-electron chi connectivity index (χ2n) is 5.51. The Morgan fingerprint density at radius 2 is 1.87 bits per heavy atom. The third-order valence-corrected chi connectivity index (χ3v) is 3.55. The molecule has 1 aliphatic rings. The number of rotatable bonds is 1. The Bertz CT molecular complexity index is 324. The highest BCUT2D eigenvalue weighted by molar-refractivity contribution is 5.21. The highest BCUT2D eigenvalue weighted by Gasteiger charge is 2.28. The molecule has 0 saturated heterocycles. The van der Waals surface area contributed by atoms with Crippen molar-refractivity contribution < 1.29 is 4.39 Å². The summed E-state index contributed by atoms with van der Waals surface area (Å²) in [5.41, 5.74) is 1.77. The van der Waals surface area contributed by atoms with Crippen LogP contribution in [0.15, 0.2) is 24.3 Å². The Kier molecular flexibility index (Phi) is 2.81. The Hall–Kier alpha value is -0.850. The Balaban J connectivity index is 2.13. The highest BCUT2D eigenvalue weighted by atomic mass is 19.1. The quantitative estimate of drug-likeness (QED) is 0.634. The van der Waals surface area contributed by atoms with Crippen molar-refractivity contribution in [2.24, 2.45) is 5.41 Å². The van der Waals surface area contributed by atoms with Crippen LogP contribution in [0.25, 0.3) is 0 Å². The average Bonchev–Trinajstić information content (AvgIpc) is 2.17. The van der Waals surface area contributed by atoms with Gasteiger partial charge >= 0.3 is 0 Å². The summed E-state index contributed by atoms with van der Waals surface area (Å²) < 4.78 is 12.8. The molecule has 0 amide bonds. The maximum atomic E-state index is 12.8. The first-order valence-corrected chi connectivity index (χ1v) is 5.82. The summed E-state index contributed by atoms with van der Waals surface area (Å²) in [5.74, 6) is 0.503. The summed E-state index contributed by atoms with van der Waals surface area (Å²) in [6, 6.07) is 7.05. The van der Waals surface area contributed by atoms with Crippen molar-refractivity contribution in [1.82, 2.24) is 0 Å². The van der Waals surface area contributed by atoms with Crippen LogP contribution in [0.1, 0.15) is 51.0 Å². The molecule has 1 fully saturated rings. The first-order valence-electron chi connectivity index (χ1n) is 5.82. The van der Waals surface area contributed by atoms with Crippen molar-refractivity contribution in [3.63, 3.8) is 0 Å². The Morgan fingerprint density at radius 3 is 2.47 bits per heavy atom. The predicted octanol–water partition coefficient (Wildman–Crippen LogP) is 4.51. The molecular weight excluding hydrogens is 187 g/mol. The molecule has 1 saturated carbocycles. The molecule has 0 aromatic heterocycles. The van der Waals surface area contributed by atoms with E-state index in [1.54, 1.807) is 12.1 Å². The second kappa shape index (κ2) is 3.96. The SMILES string of the molecule is CC1(C)CCCC(c2ccc(F)cc2)C1. The van der Waals surface area contributed by atoms with Crippen LogP contribution in [-0.4, -0.2) is 0 Å². The molecule has 1 aliphatic carbocycles. The Morgan fingerprint density at radius 1 is 1.20 bits per heavy atom. The van der Waals surface area contributed by atoms with Crippen molar-refractivity contribution in [1.29, 1.82) is 0 Å². The molecule has 1 heteroatoms. The van der Waals surface area contributed by atoms with E-state index >= 15 is 0 Å². The van der Waals surface area contributed by atoms with Gasteiger partial charge in [-0.2, -0.15) is 0 Å². The van der Waals surface area contributed by atoms with Gasteiger partial charge in [0.25, 0.3) is 0 Å². The monoisotopic (exact) mass is 206 g/mol. The zero-order valence-electron chi connectivity index (χ0n) is 9.59. The van der Waals surface area contributed by atoms with E-state index in [2.05, 4.69) is 13.8 Å². The Labute approximate surface area is 91.5 Å². The van der Waals surface area contributed by atoms with Crippen LogP contribution in [0.3, 0.4) is 0 Å². The van der Waals surface area contributed by atoms with E-state index in [1.807, 2.05) is 12.1 Å². The summed E-state index contributed by atoms with van der Waals surface area (Å²) in [6.07, 6.45) is 5.12. The standard InChI is InChI=1S/C14H19F/c1-14(2)9-3-4-12(10-14)11-5-7-13(15)8-6-11/h5-8,12H,3-4,9-10H2,1-2H3. The molecule has 15 heavy (non-hydrogen) atoms. The van der Waals surface area contributed by atoms with Crippen molar-refractivity contribution >= 4 is 0 Å². The highest BCUT2D eigenvalue weighted by Crippen LogP contribution is 2.43.